The molecule has 0 spiro atoms. The Hall–Kier alpha value is -1.43. The van der Waals surface area contributed by atoms with Gasteiger partial charge in [0.25, 0.3) is 0 Å². The average Bonchev–Trinajstić information content (AvgIpc) is 2.75. The van der Waals surface area contributed by atoms with Gasteiger partial charge in [-0.3, -0.25) is 0 Å². The lowest BCUT2D eigenvalue weighted by Gasteiger charge is -2.05. The van der Waals surface area contributed by atoms with Crippen LogP contribution in [0.3, 0.4) is 0 Å². The molecule has 0 radical (unpaired) electrons. The highest BCUT2D eigenvalue weighted by Gasteiger charge is 2.19. The normalized spacial score (nSPS) is 21.3. The maximum Gasteiger partial charge on any atom is 0.389 e. The third kappa shape index (κ3) is 1.90. The van der Waals surface area contributed by atoms with Crippen LogP contribution in [0.1, 0.15) is 12.8 Å². The topological polar surface area (TPSA) is 70.2 Å². The van der Waals surface area contributed by atoms with Crippen molar-refractivity contribution >= 4 is 5.82 Å². The van der Waals surface area contributed by atoms with Gasteiger partial charge in [-0.15, -0.1) is 0 Å². The molecule has 14 heavy (non-hydrogen) atoms. The lowest BCUT2D eigenvalue weighted by Crippen LogP contribution is -2.15. The predicted molar refractivity (Wildman–Crippen MR) is 47.9 cm³/mol. The molecule has 0 bridgehead atoms. The summed E-state index contributed by atoms with van der Waals surface area (Å²) in [6.45, 7) is 1.39. The summed E-state index contributed by atoms with van der Waals surface area (Å²) in [5.74, 6) is -0.108. The molecule has 1 aliphatic rings. The maximum atomic E-state index is 10.3. The fourth-order valence-corrected chi connectivity index (χ4v) is 1.55. The fourth-order valence-electron chi connectivity index (χ4n) is 1.55. The number of ether oxygens (including phenoxy) is 1. The Morgan fingerprint density at radius 2 is 2.64 bits per heavy atom. The lowest BCUT2D eigenvalue weighted by atomic mass is 10.2. The molecule has 1 aromatic heterocycles. The first-order valence-corrected chi connectivity index (χ1v) is 4.55. The van der Waals surface area contributed by atoms with Crippen LogP contribution in [0.4, 0.5) is 5.82 Å². The van der Waals surface area contributed by atoms with Crippen molar-refractivity contribution in [2.45, 2.75) is 25.5 Å². The summed E-state index contributed by atoms with van der Waals surface area (Å²) in [5, 5.41) is 14.2. The van der Waals surface area contributed by atoms with Crippen LogP contribution in [0, 0.1) is 10.1 Å². The Bertz CT molecular complexity index is 330. The van der Waals surface area contributed by atoms with Crippen LogP contribution >= 0.6 is 0 Å². The molecule has 1 fully saturated rings. The van der Waals surface area contributed by atoms with E-state index in [0.717, 1.165) is 19.4 Å². The first-order chi connectivity index (χ1) is 6.75. The highest BCUT2D eigenvalue weighted by molar-refractivity contribution is 5.13. The van der Waals surface area contributed by atoms with Crippen LogP contribution in [-0.4, -0.2) is 27.4 Å². The molecule has 0 aliphatic carbocycles. The van der Waals surface area contributed by atoms with Crippen LogP contribution in [0.25, 0.3) is 0 Å². The van der Waals surface area contributed by atoms with Crippen molar-refractivity contribution in [2.24, 2.45) is 0 Å². The Kier molecular flexibility index (Phi) is 2.45. The van der Waals surface area contributed by atoms with Gasteiger partial charge in [-0.25, -0.2) is 0 Å². The number of rotatable bonds is 3. The van der Waals surface area contributed by atoms with Crippen LogP contribution in [0.2, 0.25) is 0 Å². The second-order valence-corrected chi connectivity index (χ2v) is 3.29. The van der Waals surface area contributed by atoms with E-state index in [0.29, 0.717) is 6.54 Å². The first-order valence-electron chi connectivity index (χ1n) is 4.55. The van der Waals surface area contributed by atoms with E-state index in [-0.39, 0.29) is 11.9 Å². The van der Waals surface area contributed by atoms with Crippen molar-refractivity contribution in [3.8, 4) is 0 Å². The van der Waals surface area contributed by atoms with Gasteiger partial charge in [-0.1, -0.05) is 0 Å². The molecule has 1 atom stereocenters. The van der Waals surface area contributed by atoms with Crippen molar-refractivity contribution in [3.05, 3.63) is 22.4 Å². The first kappa shape index (κ1) is 9.14. The standard InChI is InChI=1S/C8H11N3O3/c12-11(13)8-3-4-10(9-8)6-7-2-1-5-14-7/h3-4,7H,1-2,5-6H2/t7-/m0/s1. The summed E-state index contributed by atoms with van der Waals surface area (Å²) in [7, 11) is 0. The molecular formula is C8H11N3O3. The molecule has 6 heteroatoms. The summed E-state index contributed by atoms with van der Waals surface area (Å²) in [6.07, 6.45) is 3.84. The van der Waals surface area contributed by atoms with Crippen molar-refractivity contribution in [3.63, 3.8) is 0 Å². The van der Waals surface area contributed by atoms with Gasteiger partial charge in [0.15, 0.2) is 0 Å². The van der Waals surface area contributed by atoms with Gasteiger partial charge < -0.3 is 14.9 Å². The summed E-state index contributed by atoms with van der Waals surface area (Å²) in [5.41, 5.74) is 0. The highest BCUT2D eigenvalue weighted by Crippen LogP contribution is 2.14. The van der Waals surface area contributed by atoms with Crippen LogP contribution < -0.4 is 0 Å². The minimum Gasteiger partial charge on any atom is -0.376 e. The quantitative estimate of drug-likeness (QED) is 0.534. The number of nitro groups is 1. The minimum absolute atomic E-state index is 0.108. The van der Waals surface area contributed by atoms with E-state index in [4.69, 9.17) is 4.74 Å². The van der Waals surface area contributed by atoms with E-state index in [1.807, 2.05) is 0 Å². The molecule has 0 amide bonds. The molecule has 1 saturated heterocycles. The number of hydrogen-bond donors (Lipinski definition) is 0. The molecule has 2 heterocycles. The molecule has 6 nitrogen and oxygen atoms in total. The van der Waals surface area contributed by atoms with Gasteiger partial charge in [-0.05, 0) is 17.8 Å². The zero-order valence-electron chi connectivity index (χ0n) is 7.63. The summed E-state index contributed by atoms with van der Waals surface area (Å²) in [4.78, 5) is 9.86. The van der Waals surface area contributed by atoms with Crippen molar-refractivity contribution in [2.75, 3.05) is 6.61 Å². The third-order valence-electron chi connectivity index (χ3n) is 2.23. The molecule has 0 unspecified atom stereocenters. The van der Waals surface area contributed by atoms with Crippen molar-refractivity contribution in [1.29, 1.82) is 0 Å². The van der Waals surface area contributed by atoms with Crippen molar-refractivity contribution < 1.29 is 9.66 Å². The van der Waals surface area contributed by atoms with Crippen molar-refractivity contribution in [1.82, 2.24) is 9.78 Å². The smallest absolute Gasteiger partial charge is 0.376 e. The van der Waals surface area contributed by atoms with Gasteiger partial charge >= 0.3 is 5.82 Å². The summed E-state index contributed by atoms with van der Waals surface area (Å²) < 4.78 is 6.96. The largest absolute Gasteiger partial charge is 0.389 e. The van der Waals surface area contributed by atoms with Gasteiger partial charge in [0.05, 0.1) is 30.0 Å². The fraction of sp³-hybridized carbons (Fsp3) is 0.625. The Labute approximate surface area is 80.6 Å². The zero-order chi connectivity index (χ0) is 9.97. The number of hydrogen-bond acceptors (Lipinski definition) is 4. The highest BCUT2D eigenvalue weighted by atomic mass is 16.6. The van der Waals surface area contributed by atoms with Gasteiger partial charge in [-0.2, -0.15) is 4.68 Å². The molecular weight excluding hydrogens is 186 g/mol. The molecule has 1 aromatic rings. The molecule has 76 valence electrons. The van der Waals surface area contributed by atoms with Crippen LogP contribution in [0.5, 0.6) is 0 Å². The number of aromatic nitrogens is 2. The SMILES string of the molecule is O=[N+]([O-])c1ccn(C[C@@H]2CCCO2)n1. The third-order valence-corrected chi connectivity index (χ3v) is 2.23. The second-order valence-electron chi connectivity index (χ2n) is 3.29. The van der Waals surface area contributed by atoms with Crippen LogP contribution in [-0.2, 0) is 11.3 Å². The Morgan fingerprint density at radius 3 is 3.21 bits per heavy atom. The lowest BCUT2D eigenvalue weighted by molar-refractivity contribution is -0.389. The molecule has 0 N–H and O–H groups in total. The molecule has 0 saturated carbocycles. The van der Waals surface area contributed by atoms with E-state index >= 15 is 0 Å². The Balaban J connectivity index is 1.98. The van der Waals surface area contributed by atoms with Crippen LogP contribution in [0.15, 0.2) is 12.3 Å². The summed E-state index contributed by atoms with van der Waals surface area (Å²) >= 11 is 0. The number of nitrogens with zero attached hydrogens (tertiary/aromatic N) is 3. The monoisotopic (exact) mass is 197 g/mol. The molecule has 1 aliphatic heterocycles. The van der Waals surface area contributed by atoms with Gasteiger partial charge in [0.1, 0.15) is 0 Å². The van der Waals surface area contributed by atoms with E-state index in [1.165, 1.54) is 6.07 Å². The second kappa shape index (κ2) is 3.75. The summed E-state index contributed by atoms with van der Waals surface area (Å²) in [6, 6.07) is 1.40. The van der Waals surface area contributed by atoms with Gasteiger partial charge in [0.2, 0.25) is 0 Å². The minimum atomic E-state index is -0.494. The molecule has 0 aromatic carbocycles. The van der Waals surface area contributed by atoms with E-state index < -0.39 is 4.92 Å². The van der Waals surface area contributed by atoms with E-state index in [9.17, 15) is 10.1 Å². The van der Waals surface area contributed by atoms with E-state index in [1.54, 1.807) is 10.9 Å². The van der Waals surface area contributed by atoms with E-state index in [2.05, 4.69) is 5.10 Å². The van der Waals surface area contributed by atoms with Gasteiger partial charge in [0, 0.05) is 6.61 Å². The average molecular weight is 197 g/mol. The predicted octanol–water partition coefficient (Wildman–Crippen LogP) is 0.970. The zero-order valence-corrected chi connectivity index (χ0v) is 7.63. The molecule has 2 rings (SSSR count). The Morgan fingerprint density at radius 1 is 1.79 bits per heavy atom. The maximum absolute atomic E-state index is 10.3.